The second kappa shape index (κ2) is 15.0. The molecule has 1 aromatic rings. The number of phosphoric ester groups is 2. The first kappa shape index (κ1) is 38.1. The molecular formula is C28H40N4O17P2. The first-order valence-corrected chi connectivity index (χ1v) is 19.2. The zero-order valence-electron chi connectivity index (χ0n) is 27.1. The molecule has 1 aliphatic carbocycles. The third-order valence-corrected chi connectivity index (χ3v) is 10.6. The molecule has 0 aromatic carbocycles. The van der Waals surface area contributed by atoms with E-state index in [1.807, 2.05) is 0 Å². The number of esters is 1. The summed E-state index contributed by atoms with van der Waals surface area (Å²) in [5, 5.41) is 11.0. The molecule has 4 saturated heterocycles. The second-order valence-corrected chi connectivity index (χ2v) is 15.4. The number of amides is 1. The lowest BCUT2D eigenvalue weighted by Gasteiger charge is -2.40. The normalized spacial score (nSPS) is 35.5. The lowest BCUT2D eigenvalue weighted by molar-refractivity contribution is -0.182. The Bertz CT molecular complexity index is 1640. The highest BCUT2D eigenvalue weighted by Gasteiger charge is 2.70. The molecule has 11 atom stereocenters. The van der Waals surface area contributed by atoms with Gasteiger partial charge in [-0.25, -0.2) is 18.7 Å². The summed E-state index contributed by atoms with van der Waals surface area (Å²) >= 11 is 0. The molecule has 51 heavy (non-hydrogen) atoms. The van der Waals surface area contributed by atoms with Crippen LogP contribution in [0.5, 0.6) is 0 Å². The van der Waals surface area contributed by atoms with E-state index in [2.05, 4.69) is 16.1 Å². The SMILES string of the molecule is C=CCCC(=O)N1CC[C@H]1C(=O)O[C@@H]1C(COP(=O)(O)O[C@@H]2[C@@H](COP(=O)(O)O)OC(n3ccc(N)nc3=O)[C@@H]2OC2CCCO2)OC2C[C@@]21O. The van der Waals surface area contributed by atoms with Gasteiger partial charge >= 0.3 is 27.3 Å². The summed E-state index contributed by atoms with van der Waals surface area (Å²) in [5.74, 6) is -1.15. The van der Waals surface area contributed by atoms with Gasteiger partial charge in [-0.1, -0.05) is 6.08 Å². The van der Waals surface area contributed by atoms with Gasteiger partial charge < -0.3 is 54.1 Å². The third kappa shape index (κ3) is 8.62. The number of likely N-dealkylation sites (tertiary alicyclic amines) is 1. The summed E-state index contributed by atoms with van der Waals surface area (Å²) in [4.78, 5) is 73.0. The number of nitrogens with zero attached hydrogens (tertiary/aromatic N) is 3. The van der Waals surface area contributed by atoms with E-state index in [0.29, 0.717) is 38.8 Å². The number of ether oxygens (including phenoxy) is 5. The van der Waals surface area contributed by atoms with E-state index in [-0.39, 0.29) is 24.6 Å². The molecule has 6 N–H and O–H groups in total. The number of hydrogen-bond donors (Lipinski definition) is 5. The van der Waals surface area contributed by atoms with Gasteiger partial charge in [-0.15, -0.1) is 6.58 Å². The van der Waals surface area contributed by atoms with Crippen molar-refractivity contribution in [3.8, 4) is 0 Å². The average molecular weight is 767 g/mol. The van der Waals surface area contributed by atoms with Gasteiger partial charge in [0.1, 0.15) is 41.9 Å². The highest BCUT2D eigenvalue weighted by atomic mass is 31.2. The van der Waals surface area contributed by atoms with Crippen LogP contribution in [-0.4, -0.2) is 127 Å². The number of allylic oxidation sites excluding steroid dienone is 1. The molecule has 6 rings (SSSR count). The minimum atomic E-state index is -5.19. The molecule has 0 radical (unpaired) electrons. The van der Waals surface area contributed by atoms with Gasteiger partial charge in [-0.05, 0) is 25.3 Å². The zero-order valence-corrected chi connectivity index (χ0v) is 28.9. The Morgan fingerprint density at radius 2 is 1.90 bits per heavy atom. The van der Waals surface area contributed by atoms with E-state index in [1.165, 1.54) is 17.2 Å². The van der Waals surface area contributed by atoms with Crippen LogP contribution < -0.4 is 11.4 Å². The van der Waals surface area contributed by atoms with Crippen LogP contribution in [0.3, 0.4) is 0 Å². The molecule has 21 nitrogen and oxygen atoms in total. The molecule has 5 aliphatic rings. The standard InChI is InChI=1S/C28H40N4O17P2/c1-2-3-5-20(33)31-9-7-15(31)26(34)48-24-17(45-18-12-28(18,24)36)14-44-51(40,41)49-22-16(13-43-50(37,38)39)46-25(23(22)47-21-6-4-11-42-21)32-10-8-19(29)30-27(32)35/h2,8,10,15-18,21-25,36H,1,3-7,9,11-14H2,(H,40,41)(H2,29,30,35)(H2,37,38,39)/t15-,16+,17?,18?,21?,22+,23+,24+,25?,28+/m0/s1. The molecule has 1 saturated carbocycles. The van der Waals surface area contributed by atoms with E-state index in [0.717, 1.165) is 4.57 Å². The number of carbonyl (C=O) groups excluding carboxylic acids is 2. The number of anilines is 1. The maximum atomic E-state index is 13.5. The van der Waals surface area contributed by atoms with E-state index in [1.54, 1.807) is 6.08 Å². The quantitative estimate of drug-likeness (QED) is 0.0785. The van der Waals surface area contributed by atoms with E-state index in [9.17, 15) is 43.3 Å². The smallest absolute Gasteiger partial charge is 0.455 e. The minimum Gasteiger partial charge on any atom is -0.455 e. The number of aromatic nitrogens is 2. The highest BCUT2D eigenvalue weighted by molar-refractivity contribution is 7.47. The summed E-state index contributed by atoms with van der Waals surface area (Å²) in [6.45, 7) is 2.65. The van der Waals surface area contributed by atoms with Crippen molar-refractivity contribution in [3.05, 3.63) is 35.4 Å². The predicted molar refractivity (Wildman–Crippen MR) is 167 cm³/mol. The van der Waals surface area contributed by atoms with Crippen molar-refractivity contribution in [2.24, 2.45) is 0 Å². The molecule has 23 heteroatoms. The van der Waals surface area contributed by atoms with Gasteiger partial charge in [-0.2, -0.15) is 4.98 Å². The second-order valence-electron chi connectivity index (χ2n) is 12.7. The summed E-state index contributed by atoms with van der Waals surface area (Å²) in [6, 6.07) is 0.403. The Balaban J connectivity index is 1.17. The molecule has 5 heterocycles. The number of phosphoric acid groups is 2. The first-order chi connectivity index (χ1) is 24.1. The summed E-state index contributed by atoms with van der Waals surface area (Å²) in [5.41, 5.74) is 3.14. The Labute approximate surface area is 290 Å². The van der Waals surface area contributed by atoms with Crippen LogP contribution in [0.4, 0.5) is 5.82 Å². The molecule has 284 valence electrons. The van der Waals surface area contributed by atoms with Crippen molar-refractivity contribution in [3.63, 3.8) is 0 Å². The lowest BCUT2D eigenvalue weighted by atomic mass is 10.0. The molecule has 0 spiro atoms. The van der Waals surface area contributed by atoms with Crippen molar-refractivity contribution >= 4 is 33.3 Å². The molecule has 5 unspecified atom stereocenters. The first-order valence-electron chi connectivity index (χ1n) is 16.2. The molecular weight excluding hydrogens is 726 g/mol. The average Bonchev–Trinajstić information content (AvgIpc) is 3.32. The minimum absolute atomic E-state index is 0.115. The van der Waals surface area contributed by atoms with Crippen molar-refractivity contribution in [2.45, 2.75) is 99.3 Å². The molecule has 1 amide bonds. The maximum absolute atomic E-state index is 13.5. The number of hydrogen-bond acceptors (Lipinski definition) is 16. The van der Waals surface area contributed by atoms with Crippen molar-refractivity contribution in [1.82, 2.24) is 14.5 Å². The van der Waals surface area contributed by atoms with Crippen molar-refractivity contribution in [1.29, 1.82) is 0 Å². The van der Waals surface area contributed by atoms with Crippen LogP contribution in [0.25, 0.3) is 0 Å². The fraction of sp³-hybridized carbons (Fsp3) is 0.714. The fourth-order valence-corrected chi connectivity index (χ4v) is 7.73. The summed E-state index contributed by atoms with van der Waals surface area (Å²) < 4.78 is 70.2. The van der Waals surface area contributed by atoms with Crippen molar-refractivity contribution < 1.29 is 75.8 Å². The number of fused-ring (bicyclic) bond motifs is 1. The van der Waals surface area contributed by atoms with Gasteiger partial charge in [0, 0.05) is 38.6 Å². The number of nitrogens with two attached hydrogens (primary N) is 1. The number of carbonyl (C=O) groups is 2. The van der Waals surface area contributed by atoms with Crippen molar-refractivity contribution in [2.75, 3.05) is 32.1 Å². The Hall–Kier alpha value is -2.62. The largest absolute Gasteiger partial charge is 0.472 e. The van der Waals surface area contributed by atoms with Crippen LogP contribution in [-0.2, 0) is 56.0 Å². The van der Waals surface area contributed by atoms with Gasteiger partial charge in [0.15, 0.2) is 18.6 Å². The van der Waals surface area contributed by atoms with Gasteiger partial charge in [-0.3, -0.25) is 22.9 Å². The molecule has 0 bridgehead atoms. The topological polar surface area (TPSA) is 287 Å². The Kier molecular flexibility index (Phi) is 11.2. The molecule has 5 fully saturated rings. The third-order valence-electron chi connectivity index (χ3n) is 9.17. The van der Waals surface area contributed by atoms with E-state index in [4.69, 9.17) is 38.5 Å². The van der Waals surface area contributed by atoms with E-state index >= 15 is 0 Å². The van der Waals surface area contributed by atoms with Gasteiger partial charge in [0.05, 0.1) is 19.3 Å². The van der Waals surface area contributed by atoms with Gasteiger partial charge in [0.2, 0.25) is 5.91 Å². The predicted octanol–water partition coefficient (Wildman–Crippen LogP) is -0.763. The summed E-state index contributed by atoms with van der Waals surface area (Å²) in [7, 11) is -10.3. The number of rotatable bonds is 16. The van der Waals surface area contributed by atoms with E-state index < -0.39 is 101 Å². The summed E-state index contributed by atoms with van der Waals surface area (Å²) in [6.07, 6.45) is -5.37. The molecule has 1 aromatic heterocycles. The monoisotopic (exact) mass is 766 g/mol. The Morgan fingerprint density at radius 1 is 1.14 bits per heavy atom. The molecule has 4 aliphatic heterocycles. The highest BCUT2D eigenvalue weighted by Crippen LogP contribution is 2.54. The van der Waals surface area contributed by atoms with Crippen LogP contribution >= 0.6 is 15.6 Å². The number of nitrogen functional groups attached to an aromatic ring is 1. The maximum Gasteiger partial charge on any atom is 0.472 e. The Morgan fingerprint density at radius 3 is 2.55 bits per heavy atom. The lowest BCUT2D eigenvalue weighted by Crippen LogP contribution is -2.57. The van der Waals surface area contributed by atoms with Crippen LogP contribution in [0.2, 0.25) is 0 Å². The van der Waals surface area contributed by atoms with Gasteiger partial charge in [0.25, 0.3) is 0 Å². The zero-order chi connectivity index (χ0) is 36.7. The van der Waals surface area contributed by atoms with Crippen LogP contribution in [0.15, 0.2) is 29.7 Å². The van der Waals surface area contributed by atoms with Crippen LogP contribution in [0, 0.1) is 0 Å². The van der Waals surface area contributed by atoms with Crippen LogP contribution in [0.1, 0.15) is 44.8 Å². The number of aliphatic hydroxyl groups is 1. The fourth-order valence-electron chi connectivity index (χ4n) is 6.43.